The number of amides is 1. The van der Waals surface area contributed by atoms with E-state index < -0.39 is 0 Å². The highest BCUT2D eigenvalue weighted by molar-refractivity contribution is 9.10. The van der Waals surface area contributed by atoms with Crippen molar-refractivity contribution in [3.05, 3.63) is 44.5 Å². The number of aryl methyl sites for hydroxylation is 3. The van der Waals surface area contributed by atoms with E-state index >= 15 is 0 Å². The number of fused-ring (bicyclic) bond motifs is 1. The number of carbonyl (C=O) groups is 1. The third-order valence-corrected chi connectivity index (χ3v) is 7.22. The molecule has 2 aromatic heterocycles. The molecule has 1 aliphatic rings. The van der Waals surface area contributed by atoms with Crippen LogP contribution >= 0.6 is 27.3 Å². The van der Waals surface area contributed by atoms with Gasteiger partial charge in [-0.05, 0) is 60.0 Å². The summed E-state index contributed by atoms with van der Waals surface area (Å²) < 4.78 is 0.876. The summed E-state index contributed by atoms with van der Waals surface area (Å²) in [5, 5.41) is 4.04. The van der Waals surface area contributed by atoms with Crippen LogP contribution in [0.3, 0.4) is 0 Å². The summed E-state index contributed by atoms with van der Waals surface area (Å²) in [7, 11) is 2.22. The molecule has 1 aromatic carbocycles. The van der Waals surface area contributed by atoms with Crippen LogP contribution in [0.1, 0.15) is 26.6 Å². The maximum absolute atomic E-state index is 13.1. The molecule has 0 radical (unpaired) electrons. The van der Waals surface area contributed by atoms with Gasteiger partial charge < -0.3 is 15.1 Å². The fourth-order valence-corrected chi connectivity index (χ4v) is 5.38. The van der Waals surface area contributed by atoms with Crippen LogP contribution in [0.4, 0.5) is 11.5 Å². The van der Waals surface area contributed by atoms with Crippen LogP contribution in [0.2, 0.25) is 0 Å². The number of nitrogens with zero attached hydrogens (tertiary/aromatic N) is 3. The minimum Gasteiger partial charge on any atom is -0.345 e. The molecule has 0 saturated carbocycles. The summed E-state index contributed by atoms with van der Waals surface area (Å²) in [6.45, 7) is 10.0. The number of aromatic nitrogens is 2. The Hall–Kier alpha value is -2.03. The molecule has 0 bridgehead atoms. The molecule has 8 heteroatoms. The number of hydrogen-bond donors (Lipinski definition) is 2. The van der Waals surface area contributed by atoms with Gasteiger partial charge in [0.15, 0.2) is 0 Å². The average Bonchev–Trinajstić information content (AvgIpc) is 3.00. The number of rotatable bonds is 3. The van der Waals surface area contributed by atoms with E-state index in [4.69, 9.17) is 4.98 Å². The van der Waals surface area contributed by atoms with Gasteiger partial charge in [-0.15, -0.1) is 11.3 Å². The third kappa shape index (κ3) is 4.01. The summed E-state index contributed by atoms with van der Waals surface area (Å²) in [6, 6.07) is 5.90. The lowest BCUT2D eigenvalue weighted by Crippen LogP contribution is -3.12. The number of likely N-dealkylation sites (N-methyl/N-ethyl adjacent to an activating group) is 1. The van der Waals surface area contributed by atoms with Crippen molar-refractivity contribution >= 4 is 54.9 Å². The van der Waals surface area contributed by atoms with Crippen molar-refractivity contribution in [1.82, 2.24) is 9.97 Å². The van der Waals surface area contributed by atoms with E-state index in [2.05, 4.69) is 38.2 Å². The third-order valence-electron chi connectivity index (χ3n) is 5.38. The molecule has 1 aliphatic heterocycles. The Morgan fingerprint density at radius 3 is 2.62 bits per heavy atom. The second-order valence-electron chi connectivity index (χ2n) is 7.71. The maximum atomic E-state index is 13.1. The Morgan fingerprint density at radius 2 is 1.93 bits per heavy atom. The average molecular weight is 475 g/mol. The van der Waals surface area contributed by atoms with E-state index in [9.17, 15) is 4.79 Å². The Morgan fingerprint density at radius 1 is 1.21 bits per heavy atom. The van der Waals surface area contributed by atoms with E-state index in [-0.39, 0.29) is 5.91 Å². The molecule has 1 fully saturated rings. The summed E-state index contributed by atoms with van der Waals surface area (Å²) in [5.41, 5.74) is 2.85. The second-order valence-corrected chi connectivity index (χ2v) is 9.57. The molecule has 152 valence electrons. The van der Waals surface area contributed by atoms with Crippen LogP contribution in [0.15, 0.2) is 22.7 Å². The molecule has 6 nitrogen and oxygen atoms in total. The van der Waals surface area contributed by atoms with Gasteiger partial charge in [0.25, 0.3) is 5.91 Å². The summed E-state index contributed by atoms with van der Waals surface area (Å²) in [4.78, 5) is 27.9. The largest absolute Gasteiger partial charge is 0.345 e. The standard InChI is InChI=1S/C21H24BrN5OS/c1-12-5-6-16(15(22)11-12)25-20(28)18-13(2)17-19(23-14(3)24-21(17)29-18)27-9-7-26(4)8-10-27/h5-6,11H,7-10H2,1-4H3,(H,25,28)/p+1. The first-order chi connectivity index (χ1) is 13.8. The Balaban J connectivity index is 1.71. The van der Waals surface area contributed by atoms with Gasteiger partial charge in [-0.2, -0.15) is 0 Å². The van der Waals surface area contributed by atoms with Gasteiger partial charge in [-0.1, -0.05) is 6.07 Å². The van der Waals surface area contributed by atoms with Gasteiger partial charge >= 0.3 is 0 Å². The van der Waals surface area contributed by atoms with Crippen molar-refractivity contribution in [1.29, 1.82) is 0 Å². The molecule has 2 N–H and O–H groups in total. The molecular formula is C21H25BrN5OS+. The number of benzene rings is 1. The Bertz CT molecular complexity index is 1090. The molecule has 0 unspecified atom stereocenters. The van der Waals surface area contributed by atoms with E-state index in [0.717, 1.165) is 69.3 Å². The first-order valence-corrected chi connectivity index (χ1v) is 11.4. The lowest BCUT2D eigenvalue weighted by atomic mass is 10.1. The first-order valence-electron chi connectivity index (χ1n) is 9.75. The zero-order valence-corrected chi connectivity index (χ0v) is 19.5. The van der Waals surface area contributed by atoms with Gasteiger partial charge in [0, 0.05) is 4.47 Å². The van der Waals surface area contributed by atoms with Crippen LogP contribution in [0, 0.1) is 20.8 Å². The van der Waals surface area contributed by atoms with Gasteiger partial charge in [0.2, 0.25) is 0 Å². The van der Waals surface area contributed by atoms with Crippen molar-refractivity contribution in [2.45, 2.75) is 20.8 Å². The topological polar surface area (TPSA) is 62.6 Å². The summed E-state index contributed by atoms with van der Waals surface area (Å²) in [5.74, 6) is 1.60. The molecular weight excluding hydrogens is 450 g/mol. The van der Waals surface area contributed by atoms with Crippen LogP contribution in [0.5, 0.6) is 0 Å². The molecule has 1 saturated heterocycles. The molecule has 1 amide bonds. The summed E-state index contributed by atoms with van der Waals surface area (Å²) in [6.07, 6.45) is 0. The molecule has 3 aromatic rings. The van der Waals surface area contributed by atoms with Crippen LogP contribution < -0.4 is 15.1 Å². The highest BCUT2D eigenvalue weighted by atomic mass is 79.9. The van der Waals surface area contributed by atoms with Gasteiger partial charge in [-0.25, -0.2) is 9.97 Å². The lowest BCUT2D eigenvalue weighted by Gasteiger charge is -2.31. The number of piperazine rings is 1. The van der Waals surface area contributed by atoms with Gasteiger partial charge in [-0.3, -0.25) is 4.79 Å². The van der Waals surface area contributed by atoms with Crippen molar-refractivity contribution in [3.8, 4) is 0 Å². The monoisotopic (exact) mass is 474 g/mol. The van der Waals surface area contributed by atoms with Crippen molar-refractivity contribution < 1.29 is 9.69 Å². The lowest BCUT2D eigenvalue weighted by molar-refractivity contribution is -0.880. The van der Waals surface area contributed by atoms with Crippen LogP contribution in [-0.4, -0.2) is 49.1 Å². The number of anilines is 2. The number of carbonyl (C=O) groups excluding carboxylic acids is 1. The normalized spacial score (nSPS) is 15.1. The number of thiophene rings is 1. The maximum Gasteiger partial charge on any atom is 0.266 e. The van der Waals surface area contributed by atoms with Crippen molar-refractivity contribution in [2.24, 2.45) is 0 Å². The van der Waals surface area contributed by atoms with Crippen LogP contribution in [0.25, 0.3) is 10.2 Å². The van der Waals surface area contributed by atoms with Gasteiger partial charge in [0.05, 0.1) is 49.2 Å². The smallest absolute Gasteiger partial charge is 0.266 e. The predicted octanol–water partition coefficient (Wildman–Crippen LogP) is 2.97. The number of quaternary nitrogens is 1. The molecule has 4 rings (SSSR count). The SMILES string of the molecule is Cc1ccc(NC(=O)c2sc3nc(C)nc(N4CC[NH+](C)CC4)c3c2C)c(Br)c1. The van der Waals surface area contributed by atoms with Crippen molar-refractivity contribution in [2.75, 3.05) is 43.4 Å². The summed E-state index contributed by atoms with van der Waals surface area (Å²) >= 11 is 4.98. The fraction of sp³-hybridized carbons (Fsp3) is 0.381. The molecule has 29 heavy (non-hydrogen) atoms. The minimum absolute atomic E-state index is 0.110. The van der Waals surface area contributed by atoms with Crippen LogP contribution in [-0.2, 0) is 0 Å². The van der Waals surface area contributed by atoms with E-state index in [0.29, 0.717) is 4.88 Å². The Kier molecular flexibility index (Phi) is 5.59. The van der Waals surface area contributed by atoms with E-state index in [1.165, 1.54) is 16.2 Å². The molecule has 0 spiro atoms. The van der Waals surface area contributed by atoms with E-state index in [1.54, 1.807) is 0 Å². The fourth-order valence-electron chi connectivity index (χ4n) is 3.67. The van der Waals surface area contributed by atoms with Gasteiger partial charge in [0.1, 0.15) is 16.5 Å². The predicted molar refractivity (Wildman–Crippen MR) is 123 cm³/mol. The zero-order valence-electron chi connectivity index (χ0n) is 17.1. The highest BCUT2D eigenvalue weighted by Gasteiger charge is 2.25. The minimum atomic E-state index is -0.110. The first kappa shape index (κ1) is 20.3. The molecule has 3 heterocycles. The van der Waals surface area contributed by atoms with Crippen molar-refractivity contribution in [3.63, 3.8) is 0 Å². The molecule has 0 aliphatic carbocycles. The number of halogens is 1. The Labute approximate surface area is 183 Å². The quantitative estimate of drug-likeness (QED) is 0.612. The second kappa shape index (κ2) is 8.01. The molecule has 0 atom stereocenters. The number of hydrogen-bond acceptors (Lipinski definition) is 5. The number of nitrogens with one attached hydrogen (secondary N) is 2. The highest BCUT2D eigenvalue weighted by Crippen LogP contribution is 2.36. The van der Waals surface area contributed by atoms with E-state index in [1.807, 2.05) is 39.0 Å². The zero-order chi connectivity index (χ0) is 20.7.